The summed E-state index contributed by atoms with van der Waals surface area (Å²) < 4.78 is 11.2. The molecule has 4 nitrogen and oxygen atoms in total. The first kappa shape index (κ1) is 12.2. The minimum atomic E-state index is 0.283. The molecule has 1 aliphatic heterocycles. The first-order valence-corrected chi connectivity index (χ1v) is 6.57. The van der Waals surface area contributed by atoms with Crippen molar-refractivity contribution in [1.82, 2.24) is 10.1 Å². The Morgan fingerprint density at radius 2 is 2.11 bits per heavy atom. The van der Waals surface area contributed by atoms with Crippen molar-refractivity contribution in [2.24, 2.45) is 0 Å². The summed E-state index contributed by atoms with van der Waals surface area (Å²) in [6.45, 7) is 6.70. The standard InChI is InChI=1S/C15H18N2O2/c1-11-5-3-4-6-15(11)18-14-9-17(10-14)8-13-7-12(2)16-19-13/h3-7,14H,8-10H2,1-2H3. The predicted molar refractivity (Wildman–Crippen MR) is 72.1 cm³/mol. The molecule has 1 aromatic carbocycles. The number of hydrogen-bond acceptors (Lipinski definition) is 4. The van der Waals surface area contributed by atoms with Crippen LogP contribution in [0.25, 0.3) is 0 Å². The number of hydrogen-bond donors (Lipinski definition) is 0. The maximum atomic E-state index is 5.97. The van der Waals surface area contributed by atoms with Gasteiger partial charge in [-0.05, 0) is 25.5 Å². The number of aryl methyl sites for hydroxylation is 2. The summed E-state index contributed by atoms with van der Waals surface area (Å²) in [7, 11) is 0. The highest BCUT2D eigenvalue weighted by Gasteiger charge is 2.29. The average molecular weight is 258 g/mol. The molecule has 4 heteroatoms. The number of aromatic nitrogens is 1. The second-order valence-corrected chi connectivity index (χ2v) is 5.13. The highest BCUT2D eigenvalue weighted by Crippen LogP contribution is 2.22. The van der Waals surface area contributed by atoms with Gasteiger partial charge < -0.3 is 9.26 Å². The van der Waals surface area contributed by atoms with Gasteiger partial charge >= 0.3 is 0 Å². The van der Waals surface area contributed by atoms with Gasteiger partial charge in [0.05, 0.1) is 12.2 Å². The van der Waals surface area contributed by atoms with Crippen molar-refractivity contribution < 1.29 is 9.26 Å². The number of ether oxygens (including phenoxy) is 1. The molecule has 0 aliphatic carbocycles. The van der Waals surface area contributed by atoms with E-state index in [9.17, 15) is 0 Å². The second-order valence-electron chi connectivity index (χ2n) is 5.13. The summed E-state index contributed by atoms with van der Waals surface area (Å²) in [5, 5.41) is 3.89. The van der Waals surface area contributed by atoms with Gasteiger partial charge in [0.1, 0.15) is 11.9 Å². The average Bonchev–Trinajstić information content (AvgIpc) is 2.75. The van der Waals surface area contributed by atoms with Gasteiger partial charge in [-0.15, -0.1) is 0 Å². The van der Waals surface area contributed by atoms with E-state index in [-0.39, 0.29) is 6.10 Å². The Morgan fingerprint density at radius 1 is 1.32 bits per heavy atom. The highest BCUT2D eigenvalue weighted by atomic mass is 16.5. The van der Waals surface area contributed by atoms with Crippen molar-refractivity contribution in [2.45, 2.75) is 26.5 Å². The van der Waals surface area contributed by atoms with Gasteiger partial charge in [-0.2, -0.15) is 0 Å². The highest BCUT2D eigenvalue weighted by molar-refractivity contribution is 5.32. The molecule has 2 heterocycles. The molecular formula is C15H18N2O2. The van der Waals surface area contributed by atoms with Gasteiger partial charge in [0.25, 0.3) is 0 Å². The fraction of sp³-hybridized carbons (Fsp3) is 0.400. The normalized spacial score (nSPS) is 16.3. The maximum absolute atomic E-state index is 5.97. The molecule has 0 amide bonds. The first-order valence-electron chi connectivity index (χ1n) is 6.57. The smallest absolute Gasteiger partial charge is 0.150 e. The second kappa shape index (κ2) is 5.05. The fourth-order valence-corrected chi connectivity index (χ4v) is 2.31. The third kappa shape index (κ3) is 2.79. The third-order valence-electron chi connectivity index (χ3n) is 3.37. The Morgan fingerprint density at radius 3 is 2.79 bits per heavy atom. The van der Waals surface area contributed by atoms with Crippen molar-refractivity contribution in [3.63, 3.8) is 0 Å². The summed E-state index contributed by atoms with van der Waals surface area (Å²) in [6, 6.07) is 10.1. The quantitative estimate of drug-likeness (QED) is 0.844. The third-order valence-corrected chi connectivity index (χ3v) is 3.37. The SMILES string of the molecule is Cc1cc(CN2CC(Oc3ccccc3C)C2)on1. The molecular weight excluding hydrogens is 240 g/mol. The molecule has 0 unspecified atom stereocenters. The number of nitrogens with zero attached hydrogens (tertiary/aromatic N) is 2. The molecule has 19 heavy (non-hydrogen) atoms. The van der Waals surface area contributed by atoms with Crippen LogP contribution in [0.2, 0.25) is 0 Å². The summed E-state index contributed by atoms with van der Waals surface area (Å²) in [4.78, 5) is 2.29. The van der Waals surface area contributed by atoms with E-state index in [1.165, 1.54) is 5.56 Å². The van der Waals surface area contributed by atoms with Gasteiger partial charge in [-0.25, -0.2) is 0 Å². The Bertz CT molecular complexity index is 559. The molecule has 0 bridgehead atoms. The molecule has 1 aliphatic rings. The zero-order valence-electron chi connectivity index (χ0n) is 11.3. The molecule has 0 spiro atoms. The molecule has 0 saturated carbocycles. The van der Waals surface area contributed by atoms with Crippen LogP contribution < -0.4 is 4.74 Å². The minimum absolute atomic E-state index is 0.283. The van der Waals surface area contributed by atoms with Crippen molar-refractivity contribution in [3.05, 3.63) is 47.3 Å². The van der Waals surface area contributed by atoms with Crippen LogP contribution in [0.15, 0.2) is 34.9 Å². The topological polar surface area (TPSA) is 38.5 Å². The van der Waals surface area contributed by atoms with E-state index < -0.39 is 0 Å². The van der Waals surface area contributed by atoms with Crippen molar-refractivity contribution in [1.29, 1.82) is 0 Å². The van der Waals surface area contributed by atoms with Crippen LogP contribution in [0.1, 0.15) is 17.0 Å². The Labute approximate surface area is 113 Å². The van der Waals surface area contributed by atoms with E-state index >= 15 is 0 Å². The molecule has 0 atom stereocenters. The van der Waals surface area contributed by atoms with E-state index in [4.69, 9.17) is 9.26 Å². The fourth-order valence-electron chi connectivity index (χ4n) is 2.31. The van der Waals surface area contributed by atoms with Gasteiger partial charge in [0.15, 0.2) is 5.76 Å². The Kier molecular flexibility index (Phi) is 3.25. The maximum Gasteiger partial charge on any atom is 0.150 e. The number of para-hydroxylation sites is 1. The minimum Gasteiger partial charge on any atom is -0.487 e. The zero-order valence-corrected chi connectivity index (χ0v) is 11.3. The Hall–Kier alpha value is -1.81. The number of likely N-dealkylation sites (tertiary alicyclic amines) is 1. The van der Waals surface area contributed by atoms with Crippen molar-refractivity contribution >= 4 is 0 Å². The van der Waals surface area contributed by atoms with Crippen LogP contribution in [-0.2, 0) is 6.54 Å². The van der Waals surface area contributed by atoms with Gasteiger partial charge in [-0.3, -0.25) is 4.90 Å². The van der Waals surface area contributed by atoms with Gasteiger partial charge in [0.2, 0.25) is 0 Å². The zero-order chi connectivity index (χ0) is 13.2. The molecule has 2 aromatic rings. The number of benzene rings is 1. The van der Waals surface area contributed by atoms with E-state index in [1.54, 1.807) is 0 Å². The lowest BCUT2D eigenvalue weighted by Gasteiger charge is -2.38. The summed E-state index contributed by atoms with van der Waals surface area (Å²) >= 11 is 0. The van der Waals surface area contributed by atoms with Crippen molar-refractivity contribution in [3.8, 4) is 5.75 Å². The lowest BCUT2D eigenvalue weighted by Crippen LogP contribution is -2.53. The van der Waals surface area contributed by atoms with E-state index in [0.717, 1.165) is 36.8 Å². The van der Waals surface area contributed by atoms with Crippen LogP contribution in [0.5, 0.6) is 5.75 Å². The molecule has 1 saturated heterocycles. The molecule has 1 fully saturated rings. The van der Waals surface area contributed by atoms with Crippen LogP contribution in [0, 0.1) is 13.8 Å². The molecule has 100 valence electrons. The molecule has 0 radical (unpaired) electrons. The van der Waals surface area contributed by atoms with Crippen LogP contribution in [-0.4, -0.2) is 29.3 Å². The van der Waals surface area contributed by atoms with E-state index in [2.05, 4.69) is 23.0 Å². The molecule has 0 N–H and O–H groups in total. The first-order chi connectivity index (χ1) is 9.20. The van der Waals surface area contributed by atoms with Crippen LogP contribution in [0.3, 0.4) is 0 Å². The Balaban J connectivity index is 1.49. The largest absolute Gasteiger partial charge is 0.487 e. The number of rotatable bonds is 4. The predicted octanol–water partition coefficient (Wildman–Crippen LogP) is 2.55. The lowest BCUT2D eigenvalue weighted by atomic mass is 10.1. The van der Waals surface area contributed by atoms with Gasteiger partial charge in [0, 0.05) is 19.2 Å². The molecule has 3 rings (SSSR count). The monoisotopic (exact) mass is 258 g/mol. The van der Waals surface area contributed by atoms with Crippen molar-refractivity contribution in [2.75, 3.05) is 13.1 Å². The summed E-state index contributed by atoms with van der Waals surface area (Å²) in [5.41, 5.74) is 2.12. The van der Waals surface area contributed by atoms with Crippen LogP contribution >= 0.6 is 0 Å². The molecule has 1 aromatic heterocycles. The van der Waals surface area contributed by atoms with Gasteiger partial charge in [-0.1, -0.05) is 23.4 Å². The van der Waals surface area contributed by atoms with E-state index in [1.807, 2.05) is 31.2 Å². The summed E-state index contributed by atoms with van der Waals surface area (Å²) in [5.74, 6) is 1.91. The van der Waals surface area contributed by atoms with Crippen LogP contribution in [0.4, 0.5) is 0 Å². The summed E-state index contributed by atoms with van der Waals surface area (Å²) in [6.07, 6.45) is 0.283. The lowest BCUT2D eigenvalue weighted by molar-refractivity contribution is 0.00927. The van der Waals surface area contributed by atoms with E-state index in [0.29, 0.717) is 0 Å².